The Morgan fingerprint density at radius 2 is 1.75 bits per heavy atom. The summed E-state index contributed by atoms with van der Waals surface area (Å²) in [5.41, 5.74) is 0.336. The number of likely N-dealkylation sites (tertiary alicyclic amines) is 1. The third-order valence-electron chi connectivity index (χ3n) is 5.44. The van der Waals surface area contributed by atoms with Gasteiger partial charge in [-0.3, -0.25) is 4.79 Å². The highest BCUT2D eigenvalue weighted by molar-refractivity contribution is 5.69. The number of aryl methyl sites for hydroxylation is 1. The van der Waals surface area contributed by atoms with Crippen molar-refractivity contribution in [1.29, 1.82) is 0 Å². The molecule has 1 amide bonds. The van der Waals surface area contributed by atoms with Crippen molar-refractivity contribution < 1.29 is 32.2 Å². The fraction of sp³-hybridized carbons (Fsp3) is 0.667. The summed E-state index contributed by atoms with van der Waals surface area (Å²) in [6.07, 6.45) is -1.54. The minimum absolute atomic E-state index is 0.0797. The first-order valence-electron chi connectivity index (χ1n) is 11.2. The van der Waals surface area contributed by atoms with E-state index in [9.17, 15) is 22.8 Å². The number of carbonyl (C=O) groups is 2. The van der Waals surface area contributed by atoms with Crippen LogP contribution in [0.4, 0.5) is 18.0 Å². The Bertz CT molecular complexity index is 778. The van der Waals surface area contributed by atoms with E-state index in [2.05, 4.69) is 0 Å². The number of rotatable bonds is 7. The number of piperidine rings is 1. The molecule has 1 heterocycles. The van der Waals surface area contributed by atoms with Crippen molar-refractivity contribution in [2.45, 2.75) is 83.9 Å². The highest BCUT2D eigenvalue weighted by atomic mass is 19.4. The van der Waals surface area contributed by atoms with Crippen molar-refractivity contribution in [2.24, 2.45) is 0 Å². The van der Waals surface area contributed by atoms with E-state index in [1.165, 1.54) is 6.07 Å². The molecule has 0 N–H and O–H groups in total. The largest absolute Gasteiger partial charge is 0.466 e. The topological polar surface area (TPSA) is 55.8 Å². The molecule has 0 spiro atoms. The van der Waals surface area contributed by atoms with Gasteiger partial charge in [0.15, 0.2) is 0 Å². The van der Waals surface area contributed by atoms with Gasteiger partial charge in [-0.2, -0.15) is 13.2 Å². The van der Waals surface area contributed by atoms with Crippen molar-refractivity contribution in [1.82, 2.24) is 4.90 Å². The number of carbonyl (C=O) groups excluding carboxylic acids is 2. The van der Waals surface area contributed by atoms with E-state index in [0.717, 1.165) is 11.6 Å². The van der Waals surface area contributed by atoms with Crippen LogP contribution in [0.2, 0.25) is 0 Å². The summed E-state index contributed by atoms with van der Waals surface area (Å²) in [4.78, 5) is 25.5. The zero-order chi connectivity index (χ0) is 23.9. The van der Waals surface area contributed by atoms with E-state index in [0.29, 0.717) is 57.4 Å². The number of ether oxygens (including phenoxy) is 2. The molecule has 0 saturated carbocycles. The summed E-state index contributed by atoms with van der Waals surface area (Å²) in [6, 6.07) is 3.95. The maximum absolute atomic E-state index is 13.3. The molecule has 0 atom stereocenters. The van der Waals surface area contributed by atoms with Crippen molar-refractivity contribution >= 4 is 12.1 Å². The molecule has 0 bridgehead atoms. The smallest absolute Gasteiger partial charge is 0.416 e. The van der Waals surface area contributed by atoms with Gasteiger partial charge < -0.3 is 14.4 Å². The van der Waals surface area contributed by atoms with Crippen molar-refractivity contribution in [3.63, 3.8) is 0 Å². The first kappa shape index (κ1) is 26.0. The highest BCUT2D eigenvalue weighted by Crippen LogP contribution is 2.36. The molecule has 0 unspecified atom stereocenters. The third kappa shape index (κ3) is 8.02. The van der Waals surface area contributed by atoms with Crippen molar-refractivity contribution in [2.75, 3.05) is 19.7 Å². The molecule has 5 nitrogen and oxygen atoms in total. The Labute approximate surface area is 188 Å². The number of unbranched alkanes of at least 4 members (excludes halogenated alkanes) is 1. The van der Waals surface area contributed by atoms with Crippen LogP contribution in [0.25, 0.3) is 0 Å². The molecule has 0 aromatic heterocycles. The number of hydrogen-bond acceptors (Lipinski definition) is 4. The molecular formula is C24H34F3NO4. The van der Waals surface area contributed by atoms with E-state index in [4.69, 9.17) is 9.47 Å². The van der Waals surface area contributed by atoms with Gasteiger partial charge in [0.2, 0.25) is 0 Å². The summed E-state index contributed by atoms with van der Waals surface area (Å²) in [7, 11) is 0. The van der Waals surface area contributed by atoms with Crippen LogP contribution < -0.4 is 0 Å². The molecule has 0 aliphatic carbocycles. The molecule has 32 heavy (non-hydrogen) atoms. The Morgan fingerprint density at radius 1 is 1.09 bits per heavy atom. The number of halogens is 3. The first-order valence-corrected chi connectivity index (χ1v) is 11.2. The lowest BCUT2D eigenvalue weighted by molar-refractivity contribution is -0.143. The monoisotopic (exact) mass is 457 g/mol. The minimum atomic E-state index is -4.40. The highest BCUT2D eigenvalue weighted by Gasteiger charge is 2.33. The Balaban J connectivity index is 2.06. The van der Waals surface area contributed by atoms with E-state index in [-0.39, 0.29) is 24.4 Å². The molecule has 0 radical (unpaired) electrons. The lowest BCUT2D eigenvalue weighted by Crippen LogP contribution is -2.41. The van der Waals surface area contributed by atoms with Gasteiger partial charge in [-0.1, -0.05) is 6.07 Å². The van der Waals surface area contributed by atoms with Crippen LogP contribution in [0.3, 0.4) is 0 Å². The van der Waals surface area contributed by atoms with Gasteiger partial charge in [-0.25, -0.2) is 4.79 Å². The van der Waals surface area contributed by atoms with Gasteiger partial charge in [0.05, 0.1) is 12.2 Å². The predicted octanol–water partition coefficient (Wildman–Crippen LogP) is 6.10. The predicted molar refractivity (Wildman–Crippen MR) is 115 cm³/mol. The molecular weight excluding hydrogens is 423 g/mol. The second-order valence-electron chi connectivity index (χ2n) is 9.17. The van der Waals surface area contributed by atoms with Gasteiger partial charge >= 0.3 is 18.2 Å². The summed E-state index contributed by atoms with van der Waals surface area (Å²) < 4.78 is 50.2. The van der Waals surface area contributed by atoms with Crippen LogP contribution in [0, 0.1) is 0 Å². The molecule has 1 aliphatic heterocycles. The van der Waals surface area contributed by atoms with Gasteiger partial charge in [-0.05, 0) is 89.0 Å². The molecule has 8 heteroatoms. The number of esters is 1. The number of hydrogen-bond donors (Lipinski definition) is 0. The van der Waals surface area contributed by atoms with Gasteiger partial charge in [-0.15, -0.1) is 0 Å². The molecule has 180 valence electrons. The average Bonchev–Trinajstić information content (AvgIpc) is 2.69. The number of amides is 1. The maximum atomic E-state index is 13.3. The first-order chi connectivity index (χ1) is 14.9. The standard InChI is InChI=1S/C24H34F3NO4/c1-5-31-21(29)9-7-6-8-18-16-19(24(25,26)27)10-11-20(18)17-12-14-28(15-13-17)22(30)32-23(2,3)4/h10-11,16-17H,5-9,12-15H2,1-4H3. The van der Waals surface area contributed by atoms with E-state index in [1.54, 1.807) is 17.9 Å². The van der Waals surface area contributed by atoms with Crippen molar-refractivity contribution in [3.05, 3.63) is 34.9 Å². The summed E-state index contributed by atoms with van der Waals surface area (Å²) >= 11 is 0. The van der Waals surface area contributed by atoms with Crippen LogP contribution >= 0.6 is 0 Å². The zero-order valence-corrected chi connectivity index (χ0v) is 19.4. The Morgan fingerprint density at radius 3 is 2.31 bits per heavy atom. The number of benzene rings is 1. The Hall–Kier alpha value is -2.25. The van der Waals surface area contributed by atoms with E-state index in [1.807, 2.05) is 20.8 Å². The fourth-order valence-corrected chi connectivity index (χ4v) is 3.91. The second-order valence-corrected chi connectivity index (χ2v) is 9.17. The van der Waals surface area contributed by atoms with Crippen LogP contribution in [0.15, 0.2) is 18.2 Å². The lowest BCUT2D eigenvalue weighted by atomic mass is 9.84. The van der Waals surface area contributed by atoms with Crippen LogP contribution in [-0.4, -0.2) is 42.3 Å². The van der Waals surface area contributed by atoms with Gasteiger partial charge in [0, 0.05) is 19.5 Å². The van der Waals surface area contributed by atoms with Gasteiger partial charge in [0.1, 0.15) is 5.60 Å². The number of alkyl halides is 3. The second kappa shape index (κ2) is 11.1. The third-order valence-corrected chi connectivity index (χ3v) is 5.44. The quantitative estimate of drug-likeness (QED) is 0.367. The molecule has 1 aliphatic rings. The number of nitrogens with zero attached hydrogens (tertiary/aromatic N) is 1. The Kier molecular flexibility index (Phi) is 8.98. The summed E-state index contributed by atoms with van der Waals surface area (Å²) in [5.74, 6) is -0.206. The van der Waals surface area contributed by atoms with Crippen molar-refractivity contribution in [3.8, 4) is 0 Å². The fourth-order valence-electron chi connectivity index (χ4n) is 3.91. The minimum Gasteiger partial charge on any atom is -0.466 e. The van der Waals surface area contributed by atoms with Crippen LogP contribution in [0.1, 0.15) is 82.4 Å². The normalized spacial score (nSPS) is 15.5. The van der Waals surface area contributed by atoms with Gasteiger partial charge in [0.25, 0.3) is 0 Å². The zero-order valence-electron chi connectivity index (χ0n) is 19.4. The van der Waals surface area contributed by atoms with E-state index < -0.39 is 17.3 Å². The average molecular weight is 458 g/mol. The molecule has 2 rings (SSSR count). The maximum Gasteiger partial charge on any atom is 0.416 e. The summed E-state index contributed by atoms with van der Waals surface area (Å²) in [6.45, 7) is 8.50. The molecule has 1 aromatic rings. The lowest BCUT2D eigenvalue weighted by Gasteiger charge is -2.34. The van der Waals surface area contributed by atoms with Crippen LogP contribution in [0.5, 0.6) is 0 Å². The molecule has 1 aromatic carbocycles. The molecule has 1 fully saturated rings. The molecule has 1 saturated heterocycles. The van der Waals surface area contributed by atoms with E-state index >= 15 is 0 Å². The summed E-state index contributed by atoms with van der Waals surface area (Å²) in [5, 5.41) is 0. The SMILES string of the molecule is CCOC(=O)CCCCc1cc(C(F)(F)F)ccc1C1CCN(C(=O)OC(C)(C)C)CC1. The van der Waals surface area contributed by atoms with Crippen LogP contribution in [-0.2, 0) is 26.9 Å².